The topological polar surface area (TPSA) is 67.3 Å². The second-order valence-corrected chi connectivity index (χ2v) is 9.38. The lowest BCUT2D eigenvalue weighted by atomic mass is 10.2. The van der Waals surface area contributed by atoms with E-state index in [9.17, 15) is 13.2 Å². The van der Waals surface area contributed by atoms with E-state index in [1.807, 2.05) is 24.3 Å². The van der Waals surface area contributed by atoms with Gasteiger partial charge in [0.2, 0.25) is 0 Å². The van der Waals surface area contributed by atoms with Gasteiger partial charge in [0, 0.05) is 12.3 Å². The fourth-order valence-electron chi connectivity index (χ4n) is 2.58. The van der Waals surface area contributed by atoms with Gasteiger partial charge in [-0.3, -0.25) is 4.79 Å². The highest BCUT2D eigenvalue weighted by molar-refractivity contribution is 8.01. The summed E-state index contributed by atoms with van der Waals surface area (Å²) in [6.45, 7) is 0.135. The lowest BCUT2D eigenvalue weighted by Crippen LogP contribution is -2.32. The number of hydrogen-bond donors (Lipinski definition) is 0. The summed E-state index contributed by atoms with van der Waals surface area (Å²) in [6.07, 6.45) is 0. The van der Waals surface area contributed by atoms with Gasteiger partial charge in [0.05, 0.1) is 15.8 Å². The zero-order chi connectivity index (χ0) is 16.7. The Kier molecular flexibility index (Phi) is 3.82. The van der Waals surface area contributed by atoms with E-state index in [0.717, 1.165) is 18.9 Å². The Morgan fingerprint density at radius 2 is 1.83 bits per heavy atom. The van der Waals surface area contributed by atoms with E-state index in [-0.39, 0.29) is 17.0 Å². The van der Waals surface area contributed by atoms with Gasteiger partial charge in [0.1, 0.15) is 4.90 Å². The minimum atomic E-state index is -3.72. The lowest BCUT2D eigenvalue weighted by Gasteiger charge is -2.13. The highest BCUT2D eigenvalue weighted by Gasteiger charge is 2.40. The highest BCUT2D eigenvalue weighted by Crippen LogP contribution is 2.32. The van der Waals surface area contributed by atoms with E-state index < -0.39 is 15.9 Å². The van der Waals surface area contributed by atoms with E-state index >= 15 is 0 Å². The molecule has 3 aromatic rings. The number of para-hydroxylation sites is 1. The summed E-state index contributed by atoms with van der Waals surface area (Å²) < 4.78 is 27.8. The molecule has 2 aromatic carbocycles. The zero-order valence-corrected chi connectivity index (χ0v) is 14.8. The second kappa shape index (κ2) is 5.87. The van der Waals surface area contributed by atoms with Crippen molar-refractivity contribution in [2.24, 2.45) is 0 Å². The van der Waals surface area contributed by atoms with Gasteiger partial charge in [0.25, 0.3) is 15.9 Å². The van der Waals surface area contributed by atoms with Crippen LogP contribution in [0.2, 0.25) is 0 Å². The summed E-state index contributed by atoms with van der Waals surface area (Å²) in [5.74, 6) is 0.0224. The molecule has 2 heterocycles. The number of aromatic nitrogens is 1. The highest BCUT2D eigenvalue weighted by atomic mass is 32.2. The summed E-state index contributed by atoms with van der Waals surface area (Å²) in [5, 5.41) is 0. The molecule has 1 aliphatic rings. The Morgan fingerprint density at radius 1 is 1.08 bits per heavy atom. The molecular formula is C16H12N2O3S3. The number of fused-ring (bicyclic) bond motifs is 2. The summed E-state index contributed by atoms with van der Waals surface area (Å²) in [7, 11) is -3.72. The molecule has 0 saturated heterocycles. The van der Waals surface area contributed by atoms with E-state index in [4.69, 9.17) is 0 Å². The SMILES string of the molecule is O=C1c2ccccc2S(=O)(=O)N1CCSc1nc2ccccc2s1. The average molecular weight is 376 g/mol. The number of hydrogen-bond acceptors (Lipinski definition) is 6. The van der Waals surface area contributed by atoms with Gasteiger partial charge in [-0.2, -0.15) is 0 Å². The Morgan fingerprint density at radius 3 is 2.62 bits per heavy atom. The van der Waals surface area contributed by atoms with Crippen molar-refractivity contribution in [3.8, 4) is 0 Å². The van der Waals surface area contributed by atoms with Crippen LogP contribution in [0.25, 0.3) is 10.2 Å². The van der Waals surface area contributed by atoms with E-state index in [1.54, 1.807) is 29.5 Å². The number of sulfonamides is 1. The Balaban J connectivity index is 1.49. The number of thioether (sulfide) groups is 1. The van der Waals surface area contributed by atoms with Crippen LogP contribution < -0.4 is 0 Å². The summed E-state index contributed by atoms with van der Waals surface area (Å²) in [5.41, 5.74) is 1.18. The summed E-state index contributed by atoms with van der Waals surface area (Å²) >= 11 is 3.03. The van der Waals surface area contributed by atoms with Crippen molar-refractivity contribution in [1.82, 2.24) is 9.29 Å². The fourth-order valence-corrected chi connectivity index (χ4v) is 6.33. The van der Waals surface area contributed by atoms with E-state index in [0.29, 0.717) is 5.75 Å². The molecule has 0 aliphatic carbocycles. The van der Waals surface area contributed by atoms with Crippen LogP contribution in [0, 0.1) is 0 Å². The maximum atomic E-state index is 12.5. The number of carbonyl (C=O) groups is 1. The molecule has 8 heteroatoms. The third-order valence-electron chi connectivity index (χ3n) is 3.71. The van der Waals surface area contributed by atoms with Gasteiger partial charge < -0.3 is 0 Å². The first-order chi connectivity index (χ1) is 11.6. The number of thiazole rings is 1. The summed E-state index contributed by atoms with van der Waals surface area (Å²) in [4.78, 5) is 16.9. The molecule has 0 bridgehead atoms. The first-order valence-electron chi connectivity index (χ1n) is 7.22. The Hall–Kier alpha value is -1.90. The van der Waals surface area contributed by atoms with Crippen LogP contribution in [0.4, 0.5) is 0 Å². The van der Waals surface area contributed by atoms with Crippen molar-refractivity contribution < 1.29 is 13.2 Å². The lowest BCUT2D eigenvalue weighted by molar-refractivity contribution is 0.0876. The zero-order valence-electron chi connectivity index (χ0n) is 12.4. The smallest absolute Gasteiger partial charge is 0.268 e. The number of benzene rings is 2. The molecule has 4 rings (SSSR count). The molecule has 122 valence electrons. The average Bonchev–Trinajstić information content (AvgIpc) is 3.07. The maximum Gasteiger partial charge on any atom is 0.269 e. The van der Waals surface area contributed by atoms with Gasteiger partial charge in [-0.25, -0.2) is 17.7 Å². The monoisotopic (exact) mass is 376 g/mol. The maximum absolute atomic E-state index is 12.5. The van der Waals surface area contributed by atoms with Crippen LogP contribution in [0.3, 0.4) is 0 Å². The molecule has 1 amide bonds. The van der Waals surface area contributed by atoms with Gasteiger partial charge in [-0.05, 0) is 24.3 Å². The third-order valence-corrected chi connectivity index (χ3v) is 7.71. The van der Waals surface area contributed by atoms with Gasteiger partial charge in [0.15, 0.2) is 4.34 Å². The fraction of sp³-hybridized carbons (Fsp3) is 0.125. The van der Waals surface area contributed by atoms with Crippen LogP contribution in [-0.4, -0.2) is 35.9 Å². The minimum absolute atomic E-state index is 0.0972. The predicted octanol–water partition coefficient (Wildman–Crippen LogP) is 3.23. The van der Waals surface area contributed by atoms with Gasteiger partial charge >= 0.3 is 0 Å². The molecule has 1 aliphatic heterocycles. The molecule has 24 heavy (non-hydrogen) atoms. The molecule has 1 aromatic heterocycles. The first-order valence-corrected chi connectivity index (χ1v) is 10.5. The Bertz CT molecular complexity index is 1010. The van der Waals surface area contributed by atoms with Crippen LogP contribution in [-0.2, 0) is 10.0 Å². The molecular weight excluding hydrogens is 364 g/mol. The number of amides is 1. The van der Waals surface area contributed by atoms with E-state index in [1.165, 1.54) is 17.8 Å². The van der Waals surface area contributed by atoms with Crippen molar-refractivity contribution >= 4 is 49.2 Å². The van der Waals surface area contributed by atoms with Crippen LogP contribution in [0.5, 0.6) is 0 Å². The first kappa shape index (κ1) is 15.6. The minimum Gasteiger partial charge on any atom is -0.268 e. The van der Waals surface area contributed by atoms with E-state index in [2.05, 4.69) is 4.98 Å². The molecule has 0 atom stereocenters. The molecule has 0 saturated carbocycles. The normalized spacial score (nSPS) is 15.8. The summed E-state index contributed by atoms with van der Waals surface area (Å²) in [6, 6.07) is 14.2. The molecule has 0 N–H and O–H groups in total. The number of carbonyl (C=O) groups excluding carboxylic acids is 1. The molecule has 0 fully saturated rings. The molecule has 5 nitrogen and oxygen atoms in total. The van der Waals surface area contributed by atoms with Crippen LogP contribution in [0.1, 0.15) is 10.4 Å². The van der Waals surface area contributed by atoms with Crippen molar-refractivity contribution in [3.05, 3.63) is 54.1 Å². The molecule has 0 spiro atoms. The predicted molar refractivity (Wildman–Crippen MR) is 95.0 cm³/mol. The Labute approximate surface area is 147 Å². The largest absolute Gasteiger partial charge is 0.269 e. The van der Waals surface area contributed by atoms with Crippen molar-refractivity contribution in [2.75, 3.05) is 12.3 Å². The molecule has 0 unspecified atom stereocenters. The number of nitrogens with zero attached hydrogens (tertiary/aromatic N) is 2. The quantitative estimate of drug-likeness (QED) is 0.654. The van der Waals surface area contributed by atoms with Crippen molar-refractivity contribution in [2.45, 2.75) is 9.24 Å². The number of rotatable bonds is 4. The van der Waals surface area contributed by atoms with Crippen LogP contribution >= 0.6 is 23.1 Å². The van der Waals surface area contributed by atoms with Crippen LogP contribution in [0.15, 0.2) is 57.8 Å². The van der Waals surface area contributed by atoms with Gasteiger partial charge in [-0.15, -0.1) is 11.3 Å². The standard InChI is InChI=1S/C16H12N2O3S3/c19-15-11-5-1-4-8-14(11)24(20,21)18(15)9-10-22-16-17-12-6-2-3-7-13(12)23-16/h1-8H,9-10H2. The van der Waals surface area contributed by atoms with Gasteiger partial charge in [-0.1, -0.05) is 36.0 Å². The second-order valence-electron chi connectivity index (χ2n) is 5.17. The van der Waals surface area contributed by atoms with Crippen molar-refractivity contribution in [1.29, 1.82) is 0 Å². The molecule has 0 radical (unpaired) electrons. The third kappa shape index (κ3) is 2.51. The van der Waals surface area contributed by atoms with Crippen molar-refractivity contribution in [3.63, 3.8) is 0 Å².